The Hall–Kier alpha value is -1.22. The topological polar surface area (TPSA) is 66.5 Å². The fourth-order valence-electron chi connectivity index (χ4n) is 2.95. The van der Waals surface area contributed by atoms with Crippen molar-refractivity contribution in [2.45, 2.75) is 35.9 Å². The van der Waals surface area contributed by atoms with Crippen molar-refractivity contribution in [1.29, 1.82) is 0 Å². The number of nitrogens with one attached hydrogen (secondary N) is 1. The van der Waals surface area contributed by atoms with E-state index in [1.54, 1.807) is 27.9 Å². The Balaban J connectivity index is 1.62. The standard InChI is InChI=1S/C16H20N2O3S3/c19-16(13-7-11-22-12-13)17-8-6-14-4-1-2-9-18(14)24(20,21)15-5-3-10-23-15/h3,5,7,10-12,14H,1-2,4,6,8-9H2,(H,17,19)/t14-/m1/s1. The summed E-state index contributed by atoms with van der Waals surface area (Å²) in [4.78, 5) is 12.0. The minimum absolute atomic E-state index is 0.0476. The van der Waals surface area contributed by atoms with Crippen LogP contribution >= 0.6 is 22.7 Å². The molecule has 8 heteroatoms. The summed E-state index contributed by atoms with van der Waals surface area (Å²) < 4.78 is 27.6. The summed E-state index contributed by atoms with van der Waals surface area (Å²) in [5.74, 6) is -0.0975. The highest BCUT2D eigenvalue weighted by Gasteiger charge is 2.33. The molecule has 0 bridgehead atoms. The highest BCUT2D eigenvalue weighted by molar-refractivity contribution is 7.91. The maximum absolute atomic E-state index is 12.8. The number of hydrogen-bond acceptors (Lipinski definition) is 5. The number of nitrogens with zero attached hydrogens (tertiary/aromatic N) is 1. The molecule has 3 rings (SSSR count). The molecule has 1 aliphatic heterocycles. The van der Waals surface area contributed by atoms with Crippen molar-refractivity contribution < 1.29 is 13.2 Å². The molecule has 3 heterocycles. The summed E-state index contributed by atoms with van der Waals surface area (Å²) >= 11 is 2.74. The Morgan fingerprint density at radius 3 is 2.88 bits per heavy atom. The van der Waals surface area contributed by atoms with E-state index < -0.39 is 10.0 Å². The zero-order valence-corrected chi connectivity index (χ0v) is 15.6. The lowest BCUT2D eigenvalue weighted by Crippen LogP contribution is -2.44. The zero-order valence-electron chi connectivity index (χ0n) is 13.2. The van der Waals surface area contributed by atoms with E-state index in [2.05, 4.69) is 5.32 Å². The van der Waals surface area contributed by atoms with Crippen molar-refractivity contribution in [3.05, 3.63) is 39.9 Å². The van der Waals surface area contributed by atoms with Gasteiger partial charge < -0.3 is 5.32 Å². The number of sulfonamides is 1. The van der Waals surface area contributed by atoms with Crippen LogP contribution in [0.4, 0.5) is 0 Å². The number of carbonyl (C=O) groups excluding carboxylic acids is 1. The lowest BCUT2D eigenvalue weighted by Gasteiger charge is -2.34. The van der Waals surface area contributed by atoms with Crippen molar-refractivity contribution in [3.8, 4) is 0 Å². The maximum atomic E-state index is 12.8. The molecule has 130 valence electrons. The predicted molar refractivity (Wildman–Crippen MR) is 97.1 cm³/mol. The molecule has 0 radical (unpaired) electrons. The van der Waals surface area contributed by atoms with Crippen LogP contribution in [0.3, 0.4) is 0 Å². The molecule has 2 aromatic rings. The molecule has 1 fully saturated rings. The first-order valence-corrected chi connectivity index (χ1v) is 11.2. The molecule has 1 aliphatic rings. The van der Waals surface area contributed by atoms with E-state index in [-0.39, 0.29) is 11.9 Å². The molecule has 5 nitrogen and oxygen atoms in total. The first-order chi connectivity index (χ1) is 11.6. The van der Waals surface area contributed by atoms with E-state index in [9.17, 15) is 13.2 Å². The molecule has 0 unspecified atom stereocenters. The quantitative estimate of drug-likeness (QED) is 0.832. The van der Waals surface area contributed by atoms with Gasteiger partial charge in [-0.05, 0) is 42.2 Å². The van der Waals surface area contributed by atoms with Crippen LogP contribution in [0.5, 0.6) is 0 Å². The van der Waals surface area contributed by atoms with Gasteiger partial charge in [0.25, 0.3) is 15.9 Å². The maximum Gasteiger partial charge on any atom is 0.252 e. The van der Waals surface area contributed by atoms with Crippen molar-refractivity contribution in [2.75, 3.05) is 13.1 Å². The minimum atomic E-state index is -3.42. The van der Waals surface area contributed by atoms with E-state index >= 15 is 0 Å². The van der Waals surface area contributed by atoms with Gasteiger partial charge in [0.15, 0.2) is 0 Å². The molecular formula is C16H20N2O3S3. The lowest BCUT2D eigenvalue weighted by molar-refractivity contribution is 0.0950. The van der Waals surface area contributed by atoms with Crippen LogP contribution in [0.25, 0.3) is 0 Å². The van der Waals surface area contributed by atoms with E-state index in [1.807, 2.05) is 10.8 Å². The van der Waals surface area contributed by atoms with Gasteiger partial charge >= 0.3 is 0 Å². The van der Waals surface area contributed by atoms with Crippen LogP contribution in [0, 0.1) is 0 Å². The Morgan fingerprint density at radius 2 is 2.17 bits per heavy atom. The lowest BCUT2D eigenvalue weighted by atomic mass is 10.0. The van der Waals surface area contributed by atoms with E-state index in [0.29, 0.717) is 29.3 Å². The minimum Gasteiger partial charge on any atom is -0.352 e. The molecule has 1 amide bonds. The van der Waals surface area contributed by atoms with E-state index in [4.69, 9.17) is 0 Å². The van der Waals surface area contributed by atoms with Crippen molar-refractivity contribution >= 4 is 38.6 Å². The Labute approximate surface area is 150 Å². The van der Waals surface area contributed by atoms with Crippen LogP contribution in [0.1, 0.15) is 36.0 Å². The number of amides is 1. The number of hydrogen-bond donors (Lipinski definition) is 1. The first kappa shape index (κ1) is 17.6. The second-order valence-corrected chi connectivity index (χ2v) is 9.60. The average Bonchev–Trinajstić information content (AvgIpc) is 3.29. The largest absolute Gasteiger partial charge is 0.352 e. The SMILES string of the molecule is O=C(NCC[C@H]1CCCCN1S(=O)(=O)c1cccs1)c1ccsc1. The summed E-state index contributed by atoms with van der Waals surface area (Å²) in [6.45, 7) is 1.04. The highest BCUT2D eigenvalue weighted by Crippen LogP contribution is 2.29. The van der Waals surface area contributed by atoms with Crippen molar-refractivity contribution in [2.24, 2.45) is 0 Å². The molecule has 0 aliphatic carbocycles. The normalized spacial score (nSPS) is 19.2. The van der Waals surface area contributed by atoms with Crippen LogP contribution in [-0.4, -0.2) is 37.8 Å². The number of thiophene rings is 2. The summed E-state index contributed by atoms with van der Waals surface area (Å²) in [6, 6.07) is 5.16. The number of rotatable bonds is 6. The van der Waals surface area contributed by atoms with Gasteiger partial charge in [-0.25, -0.2) is 8.42 Å². The van der Waals surface area contributed by atoms with Gasteiger partial charge in [0.2, 0.25) is 0 Å². The smallest absolute Gasteiger partial charge is 0.252 e. The summed E-state index contributed by atoms with van der Waals surface area (Å²) in [5, 5.41) is 8.35. The third kappa shape index (κ3) is 3.88. The molecule has 1 N–H and O–H groups in total. The fraction of sp³-hybridized carbons (Fsp3) is 0.438. The van der Waals surface area contributed by atoms with Crippen LogP contribution in [0.15, 0.2) is 38.5 Å². The predicted octanol–water partition coefficient (Wildman–Crippen LogP) is 3.17. The molecule has 2 aromatic heterocycles. The van der Waals surface area contributed by atoms with Crippen molar-refractivity contribution in [1.82, 2.24) is 9.62 Å². The second-order valence-electron chi connectivity index (χ2n) is 5.75. The zero-order chi connectivity index (χ0) is 17.0. The molecule has 0 aromatic carbocycles. The summed E-state index contributed by atoms with van der Waals surface area (Å²) in [7, 11) is -3.42. The molecule has 24 heavy (non-hydrogen) atoms. The van der Waals surface area contributed by atoms with Crippen LogP contribution in [-0.2, 0) is 10.0 Å². The molecular weight excluding hydrogens is 364 g/mol. The molecule has 0 saturated carbocycles. The summed E-state index contributed by atoms with van der Waals surface area (Å²) in [5.41, 5.74) is 0.659. The third-order valence-corrected chi connectivity index (χ3v) is 8.19. The Bertz CT molecular complexity index is 755. The van der Waals surface area contributed by atoms with Gasteiger partial charge in [0.1, 0.15) is 4.21 Å². The van der Waals surface area contributed by atoms with Crippen molar-refractivity contribution in [3.63, 3.8) is 0 Å². The fourth-order valence-corrected chi connectivity index (χ4v) is 6.43. The number of carbonyl (C=O) groups is 1. The first-order valence-electron chi connectivity index (χ1n) is 7.95. The van der Waals surface area contributed by atoms with Crippen LogP contribution < -0.4 is 5.32 Å². The summed E-state index contributed by atoms with van der Waals surface area (Å²) in [6.07, 6.45) is 3.40. The van der Waals surface area contributed by atoms with Gasteiger partial charge in [-0.1, -0.05) is 12.5 Å². The molecule has 1 saturated heterocycles. The van der Waals surface area contributed by atoms with Crippen LogP contribution in [0.2, 0.25) is 0 Å². The highest BCUT2D eigenvalue weighted by atomic mass is 32.2. The van der Waals surface area contributed by atoms with Gasteiger partial charge in [0, 0.05) is 30.1 Å². The Kier molecular flexibility index (Phi) is 5.70. The third-order valence-electron chi connectivity index (χ3n) is 4.18. The average molecular weight is 385 g/mol. The van der Waals surface area contributed by atoms with Gasteiger partial charge in [-0.2, -0.15) is 15.6 Å². The molecule has 0 spiro atoms. The van der Waals surface area contributed by atoms with Gasteiger partial charge in [-0.15, -0.1) is 11.3 Å². The molecule has 1 atom stereocenters. The monoisotopic (exact) mass is 384 g/mol. The van der Waals surface area contributed by atoms with E-state index in [0.717, 1.165) is 19.3 Å². The Morgan fingerprint density at radius 1 is 1.29 bits per heavy atom. The van der Waals surface area contributed by atoms with Gasteiger partial charge in [0.05, 0.1) is 0 Å². The number of piperidine rings is 1. The van der Waals surface area contributed by atoms with Gasteiger partial charge in [-0.3, -0.25) is 4.79 Å². The van der Waals surface area contributed by atoms with E-state index in [1.165, 1.54) is 22.7 Å². The second kappa shape index (κ2) is 7.77.